The van der Waals surface area contributed by atoms with Crippen molar-refractivity contribution in [3.8, 4) is 0 Å². The number of anilines is 1. The van der Waals surface area contributed by atoms with Crippen LogP contribution in [0.15, 0.2) is 24.3 Å². The molecule has 1 aromatic rings. The lowest BCUT2D eigenvalue weighted by Gasteiger charge is -2.24. The van der Waals surface area contributed by atoms with Crippen molar-refractivity contribution >= 4 is 5.69 Å². The zero-order valence-electron chi connectivity index (χ0n) is 10.4. The molecule has 0 radical (unpaired) electrons. The highest BCUT2D eigenvalue weighted by molar-refractivity contribution is 5.49. The van der Waals surface area contributed by atoms with Crippen LogP contribution in [-0.2, 0) is 0 Å². The number of nitrogens with zero attached hydrogens (tertiary/aromatic N) is 1. The summed E-state index contributed by atoms with van der Waals surface area (Å²) in [6.07, 6.45) is 0.905. The van der Waals surface area contributed by atoms with E-state index in [1.54, 1.807) is 6.92 Å². The predicted octanol–water partition coefficient (Wildman–Crippen LogP) is 2.97. The van der Waals surface area contributed by atoms with Gasteiger partial charge in [-0.15, -0.1) is 0 Å². The highest BCUT2D eigenvalue weighted by atomic mass is 16.3. The summed E-state index contributed by atoms with van der Waals surface area (Å²) in [5, 5.41) is 9.46. The van der Waals surface area contributed by atoms with Crippen LogP contribution in [0, 0.1) is 5.92 Å². The smallest absolute Gasteiger partial charge is 0.0761 e. The molecule has 2 rings (SSSR count). The van der Waals surface area contributed by atoms with Crippen molar-refractivity contribution in [2.75, 3.05) is 11.4 Å². The lowest BCUT2D eigenvalue weighted by atomic mass is 10.1. The Hall–Kier alpha value is -1.02. The molecule has 1 fully saturated rings. The fourth-order valence-electron chi connectivity index (χ4n) is 2.60. The van der Waals surface area contributed by atoms with Crippen LogP contribution in [0.25, 0.3) is 0 Å². The summed E-state index contributed by atoms with van der Waals surface area (Å²) >= 11 is 0. The molecular weight excluding hydrogens is 198 g/mol. The van der Waals surface area contributed by atoms with Crippen molar-refractivity contribution in [2.45, 2.75) is 39.3 Å². The molecule has 1 saturated heterocycles. The Labute approximate surface area is 97.9 Å². The monoisotopic (exact) mass is 219 g/mol. The van der Waals surface area contributed by atoms with Gasteiger partial charge < -0.3 is 10.0 Å². The summed E-state index contributed by atoms with van der Waals surface area (Å²) in [5.41, 5.74) is 2.27. The van der Waals surface area contributed by atoms with E-state index in [2.05, 4.69) is 30.9 Å². The van der Waals surface area contributed by atoms with Crippen LogP contribution in [-0.4, -0.2) is 17.7 Å². The standard InChI is InChI=1S/C14H21NO/c1-10-8-11(2)15(9-10)14-6-4-13(5-7-14)12(3)16/h4-7,10-12,16H,8-9H2,1-3H3/t10?,11?,12-/m0/s1. The first-order valence-electron chi connectivity index (χ1n) is 6.12. The lowest BCUT2D eigenvalue weighted by Crippen LogP contribution is -2.26. The van der Waals surface area contributed by atoms with Crippen LogP contribution >= 0.6 is 0 Å². The molecular formula is C14H21NO. The van der Waals surface area contributed by atoms with Crippen molar-refractivity contribution in [3.63, 3.8) is 0 Å². The largest absolute Gasteiger partial charge is 0.389 e. The third-order valence-electron chi connectivity index (χ3n) is 3.49. The number of benzene rings is 1. The molecule has 0 amide bonds. The maximum atomic E-state index is 9.46. The number of hydrogen-bond donors (Lipinski definition) is 1. The van der Waals surface area contributed by atoms with Gasteiger partial charge in [0.15, 0.2) is 0 Å². The molecule has 0 spiro atoms. The summed E-state index contributed by atoms with van der Waals surface area (Å²) in [5.74, 6) is 0.784. The zero-order chi connectivity index (χ0) is 11.7. The summed E-state index contributed by atoms with van der Waals surface area (Å²) < 4.78 is 0. The van der Waals surface area contributed by atoms with Gasteiger partial charge in [0, 0.05) is 18.3 Å². The van der Waals surface area contributed by atoms with Crippen LogP contribution < -0.4 is 4.90 Å². The minimum Gasteiger partial charge on any atom is -0.389 e. The van der Waals surface area contributed by atoms with Crippen LogP contribution in [0.4, 0.5) is 5.69 Å². The fraction of sp³-hybridized carbons (Fsp3) is 0.571. The molecule has 88 valence electrons. The summed E-state index contributed by atoms with van der Waals surface area (Å²) in [7, 11) is 0. The van der Waals surface area contributed by atoms with E-state index in [-0.39, 0.29) is 6.10 Å². The Kier molecular flexibility index (Phi) is 3.20. The molecule has 2 heteroatoms. The molecule has 2 nitrogen and oxygen atoms in total. The van der Waals surface area contributed by atoms with Gasteiger partial charge in [0.25, 0.3) is 0 Å². The molecule has 1 heterocycles. The van der Waals surface area contributed by atoms with Gasteiger partial charge in [-0.1, -0.05) is 19.1 Å². The van der Waals surface area contributed by atoms with E-state index >= 15 is 0 Å². The molecule has 2 unspecified atom stereocenters. The van der Waals surface area contributed by atoms with E-state index in [1.165, 1.54) is 12.1 Å². The SMILES string of the molecule is CC1CC(C)N(c2ccc([C@H](C)O)cc2)C1. The van der Waals surface area contributed by atoms with E-state index in [4.69, 9.17) is 0 Å². The highest BCUT2D eigenvalue weighted by Gasteiger charge is 2.25. The first kappa shape index (κ1) is 11.5. The van der Waals surface area contributed by atoms with Crippen LogP contribution in [0.1, 0.15) is 38.9 Å². The Balaban J connectivity index is 2.15. The molecule has 1 N–H and O–H groups in total. The first-order valence-corrected chi connectivity index (χ1v) is 6.12. The van der Waals surface area contributed by atoms with Gasteiger partial charge in [0.05, 0.1) is 6.10 Å². The molecule has 1 aromatic carbocycles. The normalized spacial score (nSPS) is 27.1. The Bertz CT molecular complexity index is 344. The molecule has 0 saturated carbocycles. The van der Waals surface area contributed by atoms with Crippen LogP contribution in [0.2, 0.25) is 0 Å². The third-order valence-corrected chi connectivity index (χ3v) is 3.49. The molecule has 0 aliphatic carbocycles. The summed E-state index contributed by atoms with van der Waals surface area (Å²) in [6, 6.07) is 8.92. The minimum absolute atomic E-state index is 0.371. The van der Waals surface area contributed by atoms with E-state index in [9.17, 15) is 5.11 Å². The van der Waals surface area contributed by atoms with E-state index in [0.717, 1.165) is 18.0 Å². The van der Waals surface area contributed by atoms with Crippen LogP contribution in [0.5, 0.6) is 0 Å². The fourth-order valence-corrected chi connectivity index (χ4v) is 2.60. The van der Waals surface area contributed by atoms with E-state index in [0.29, 0.717) is 6.04 Å². The summed E-state index contributed by atoms with van der Waals surface area (Å²) in [4.78, 5) is 2.45. The Morgan fingerprint density at radius 1 is 1.25 bits per heavy atom. The molecule has 1 aliphatic rings. The molecule has 16 heavy (non-hydrogen) atoms. The summed E-state index contributed by atoms with van der Waals surface area (Å²) in [6.45, 7) is 7.54. The first-order chi connectivity index (χ1) is 7.58. The Morgan fingerprint density at radius 2 is 1.88 bits per heavy atom. The quantitative estimate of drug-likeness (QED) is 0.826. The minimum atomic E-state index is -0.371. The average Bonchev–Trinajstić information content (AvgIpc) is 2.58. The van der Waals surface area contributed by atoms with Crippen molar-refractivity contribution in [1.82, 2.24) is 0 Å². The van der Waals surface area contributed by atoms with Gasteiger partial charge in [-0.05, 0) is 43.9 Å². The number of aliphatic hydroxyl groups excluding tert-OH is 1. The van der Waals surface area contributed by atoms with E-state index in [1.807, 2.05) is 12.1 Å². The van der Waals surface area contributed by atoms with E-state index < -0.39 is 0 Å². The van der Waals surface area contributed by atoms with Crippen LogP contribution in [0.3, 0.4) is 0 Å². The number of hydrogen-bond acceptors (Lipinski definition) is 2. The van der Waals surface area contributed by atoms with Crippen molar-refractivity contribution in [1.29, 1.82) is 0 Å². The van der Waals surface area contributed by atoms with Gasteiger partial charge in [-0.2, -0.15) is 0 Å². The lowest BCUT2D eigenvalue weighted by molar-refractivity contribution is 0.199. The highest BCUT2D eigenvalue weighted by Crippen LogP contribution is 2.29. The second-order valence-corrected chi connectivity index (χ2v) is 5.11. The number of aliphatic hydroxyl groups is 1. The van der Waals surface area contributed by atoms with Crippen molar-refractivity contribution in [2.24, 2.45) is 5.92 Å². The predicted molar refractivity (Wildman–Crippen MR) is 67.7 cm³/mol. The number of rotatable bonds is 2. The molecule has 0 bridgehead atoms. The van der Waals surface area contributed by atoms with Gasteiger partial charge in [0.2, 0.25) is 0 Å². The topological polar surface area (TPSA) is 23.5 Å². The molecule has 0 aromatic heterocycles. The zero-order valence-corrected chi connectivity index (χ0v) is 10.4. The van der Waals surface area contributed by atoms with Gasteiger partial charge in [-0.25, -0.2) is 0 Å². The van der Waals surface area contributed by atoms with Crippen molar-refractivity contribution in [3.05, 3.63) is 29.8 Å². The van der Waals surface area contributed by atoms with Gasteiger partial charge in [-0.3, -0.25) is 0 Å². The maximum absolute atomic E-state index is 9.46. The molecule has 1 aliphatic heterocycles. The molecule has 3 atom stereocenters. The van der Waals surface area contributed by atoms with Gasteiger partial charge >= 0.3 is 0 Å². The average molecular weight is 219 g/mol. The Morgan fingerprint density at radius 3 is 2.31 bits per heavy atom. The second-order valence-electron chi connectivity index (χ2n) is 5.11. The second kappa shape index (κ2) is 4.46. The van der Waals surface area contributed by atoms with Crippen molar-refractivity contribution < 1.29 is 5.11 Å². The maximum Gasteiger partial charge on any atom is 0.0761 e. The van der Waals surface area contributed by atoms with Gasteiger partial charge in [0.1, 0.15) is 0 Å². The third kappa shape index (κ3) is 2.22.